The van der Waals surface area contributed by atoms with Crippen LogP contribution in [-0.2, 0) is 10.0 Å². The van der Waals surface area contributed by atoms with E-state index in [4.69, 9.17) is 5.73 Å². The van der Waals surface area contributed by atoms with Crippen molar-refractivity contribution in [2.75, 3.05) is 13.1 Å². The topological polar surface area (TPSA) is 72.6 Å². The molecule has 0 bridgehead atoms. The van der Waals surface area contributed by atoms with Crippen molar-refractivity contribution < 1.29 is 26.3 Å². The molecule has 0 aliphatic carbocycles. The molecule has 9 heteroatoms. The lowest BCUT2D eigenvalue weighted by atomic mass is 10.1. The van der Waals surface area contributed by atoms with Gasteiger partial charge in [-0.3, -0.25) is 0 Å². The van der Waals surface area contributed by atoms with Gasteiger partial charge >= 0.3 is 6.61 Å². The standard InChI is InChI=1S/C13H17F3N2O3S/c1-8-4-9(6-17)7-18(8)22(19,20)10-2-3-12(11(14)5-10)21-13(15)16/h2-3,5,8-9,13H,4,6-7,17H2,1H3. The highest BCUT2D eigenvalue weighted by Gasteiger charge is 2.37. The van der Waals surface area contributed by atoms with E-state index in [1.807, 2.05) is 0 Å². The van der Waals surface area contributed by atoms with Gasteiger partial charge in [0.15, 0.2) is 11.6 Å². The minimum absolute atomic E-state index is 0.0519. The summed E-state index contributed by atoms with van der Waals surface area (Å²) in [6.45, 7) is -0.804. The van der Waals surface area contributed by atoms with Crippen LogP contribution in [0.4, 0.5) is 13.2 Å². The molecule has 1 fully saturated rings. The van der Waals surface area contributed by atoms with Gasteiger partial charge in [0, 0.05) is 12.6 Å². The second-order valence-corrected chi connectivity index (χ2v) is 7.12. The van der Waals surface area contributed by atoms with Gasteiger partial charge in [0.1, 0.15) is 0 Å². The largest absolute Gasteiger partial charge is 0.432 e. The van der Waals surface area contributed by atoms with Crippen LogP contribution in [0.3, 0.4) is 0 Å². The summed E-state index contributed by atoms with van der Waals surface area (Å²) in [6, 6.07) is 2.38. The molecule has 2 unspecified atom stereocenters. The van der Waals surface area contributed by atoms with Gasteiger partial charge in [-0.15, -0.1) is 0 Å². The van der Waals surface area contributed by atoms with Crippen LogP contribution in [0.1, 0.15) is 13.3 Å². The van der Waals surface area contributed by atoms with Crippen molar-refractivity contribution in [2.45, 2.75) is 30.9 Å². The first-order valence-electron chi connectivity index (χ1n) is 6.72. The van der Waals surface area contributed by atoms with Crippen molar-refractivity contribution in [1.29, 1.82) is 0 Å². The molecule has 1 heterocycles. The zero-order chi connectivity index (χ0) is 16.5. The Labute approximate surface area is 126 Å². The lowest BCUT2D eigenvalue weighted by Gasteiger charge is -2.21. The molecule has 22 heavy (non-hydrogen) atoms. The molecular weight excluding hydrogens is 321 g/mol. The molecule has 2 N–H and O–H groups in total. The van der Waals surface area contributed by atoms with E-state index in [0.29, 0.717) is 19.0 Å². The Morgan fingerprint density at radius 3 is 2.64 bits per heavy atom. The molecule has 0 radical (unpaired) electrons. The minimum Gasteiger partial charge on any atom is -0.432 e. The summed E-state index contributed by atoms with van der Waals surface area (Å²) >= 11 is 0. The van der Waals surface area contributed by atoms with Crippen LogP contribution < -0.4 is 10.5 Å². The molecule has 0 saturated carbocycles. The molecular formula is C13H17F3N2O3S. The van der Waals surface area contributed by atoms with E-state index < -0.39 is 28.2 Å². The van der Waals surface area contributed by atoms with Crippen LogP contribution in [-0.4, -0.2) is 38.5 Å². The maximum absolute atomic E-state index is 13.7. The molecule has 5 nitrogen and oxygen atoms in total. The predicted molar refractivity (Wildman–Crippen MR) is 73.5 cm³/mol. The fraction of sp³-hybridized carbons (Fsp3) is 0.538. The Morgan fingerprint density at radius 2 is 2.14 bits per heavy atom. The average Bonchev–Trinajstić information content (AvgIpc) is 2.82. The summed E-state index contributed by atoms with van der Waals surface area (Å²) in [6.07, 6.45) is 0.630. The molecule has 1 aromatic rings. The molecule has 1 aliphatic heterocycles. The summed E-state index contributed by atoms with van der Waals surface area (Å²) in [5.41, 5.74) is 5.56. The van der Waals surface area contributed by atoms with Crippen molar-refractivity contribution in [3.63, 3.8) is 0 Å². The van der Waals surface area contributed by atoms with E-state index >= 15 is 0 Å². The van der Waals surface area contributed by atoms with Crippen molar-refractivity contribution in [3.8, 4) is 5.75 Å². The molecule has 1 aliphatic rings. The molecule has 2 rings (SSSR count). The van der Waals surface area contributed by atoms with Gasteiger partial charge in [-0.1, -0.05) is 0 Å². The van der Waals surface area contributed by atoms with Gasteiger partial charge in [-0.25, -0.2) is 12.8 Å². The zero-order valence-electron chi connectivity index (χ0n) is 11.9. The fourth-order valence-electron chi connectivity index (χ4n) is 2.58. The van der Waals surface area contributed by atoms with E-state index in [9.17, 15) is 21.6 Å². The number of ether oxygens (including phenoxy) is 1. The molecule has 1 saturated heterocycles. The maximum Gasteiger partial charge on any atom is 0.387 e. The third-order valence-electron chi connectivity index (χ3n) is 3.66. The van der Waals surface area contributed by atoms with Crippen LogP contribution >= 0.6 is 0 Å². The van der Waals surface area contributed by atoms with E-state index in [2.05, 4.69) is 4.74 Å². The molecule has 0 amide bonds. The Hall–Kier alpha value is -1.32. The Kier molecular flexibility index (Phi) is 4.98. The summed E-state index contributed by atoms with van der Waals surface area (Å²) in [5, 5.41) is 0. The van der Waals surface area contributed by atoms with Gasteiger partial charge in [-0.05, 0) is 44.0 Å². The van der Waals surface area contributed by atoms with Gasteiger partial charge < -0.3 is 10.5 Å². The van der Waals surface area contributed by atoms with E-state index in [-0.39, 0.29) is 23.4 Å². The highest BCUT2D eigenvalue weighted by atomic mass is 32.2. The Bertz CT molecular complexity index is 639. The fourth-order valence-corrected chi connectivity index (χ4v) is 4.31. The van der Waals surface area contributed by atoms with E-state index in [1.54, 1.807) is 6.92 Å². The summed E-state index contributed by atoms with van der Waals surface area (Å²) in [5.74, 6) is -1.79. The normalized spacial score (nSPS) is 23.2. The maximum atomic E-state index is 13.7. The zero-order valence-corrected chi connectivity index (χ0v) is 12.7. The summed E-state index contributed by atoms with van der Waals surface area (Å²) < 4.78 is 68.1. The second kappa shape index (κ2) is 6.43. The quantitative estimate of drug-likeness (QED) is 0.888. The lowest BCUT2D eigenvalue weighted by molar-refractivity contribution is -0.0522. The highest BCUT2D eigenvalue weighted by Crippen LogP contribution is 2.30. The highest BCUT2D eigenvalue weighted by molar-refractivity contribution is 7.89. The van der Waals surface area contributed by atoms with Gasteiger partial charge in [0.05, 0.1) is 4.90 Å². The predicted octanol–water partition coefficient (Wildman–Crippen LogP) is 1.78. The molecule has 2 atom stereocenters. The summed E-state index contributed by atoms with van der Waals surface area (Å²) in [4.78, 5) is -0.295. The molecule has 124 valence electrons. The lowest BCUT2D eigenvalue weighted by Crippen LogP contribution is -2.34. The van der Waals surface area contributed by atoms with Crippen LogP contribution in [0.25, 0.3) is 0 Å². The minimum atomic E-state index is -3.90. The number of nitrogens with zero attached hydrogens (tertiary/aromatic N) is 1. The van der Waals surface area contributed by atoms with Crippen LogP contribution in [0.5, 0.6) is 5.75 Å². The van der Waals surface area contributed by atoms with E-state index in [1.165, 1.54) is 4.31 Å². The van der Waals surface area contributed by atoms with Crippen molar-refractivity contribution >= 4 is 10.0 Å². The smallest absolute Gasteiger partial charge is 0.387 e. The van der Waals surface area contributed by atoms with Crippen molar-refractivity contribution in [1.82, 2.24) is 4.31 Å². The molecule has 0 spiro atoms. The number of hydrogen-bond donors (Lipinski definition) is 1. The third-order valence-corrected chi connectivity index (χ3v) is 5.64. The van der Waals surface area contributed by atoms with Gasteiger partial charge in [0.2, 0.25) is 10.0 Å². The number of halogens is 3. The van der Waals surface area contributed by atoms with Crippen LogP contribution in [0.2, 0.25) is 0 Å². The SMILES string of the molecule is CC1CC(CN)CN1S(=O)(=O)c1ccc(OC(F)F)c(F)c1. The van der Waals surface area contributed by atoms with Gasteiger partial charge in [0.25, 0.3) is 0 Å². The molecule has 1 aromatic carbocycles. The van der Waals surface area contributed by atoms with Crippen molar-refractivity contribution in [3.05, 3.63) is 24.0 Å². The Balaban J connectivity index is 2.28. The average molecular weight is 338 g/mol. The first-order chi connectivity index (χ1) is 10.3. The number of hydrogen-bond acceptors (Lipinski definition) is 4. The van der Waals surface area contributed by atoms with Gasteiger partial charge in [-0.2, -0.15) is 13.1 Å². The van der Waals surface area contributed by atoms with Crippen LogP contribution in [0.15, 0.2) is 23.1 Å². The number of nitrogens with two attached hydrogens (primary N) is 1. The first-order valence-corrected chi connectivity index (χ1v) is 8.16. The summed E-state index contributed by atoms with van der Waals surface area (Å²) in [7, 11) is -3.90. The Morgan fingerprint density at radius 1 is 1.45 bits per heavy atom. The third kappa shape index (κ3) is 3.36. The number of rotatable bonds is 5. The monoisotopic (exact) mass is 338 g/mol. The first kappa shape index (κ1) is 17.0. The number of sulfonamides is 1. The van der Waals surface area contributed by atoms with Crippen LogP contribution in [0, 0.1) is 11.7 Å². The van der Waals surface area contributed by atoms with Crippen molar-refractivity contribution in [2.24, 2.45) is 11.7 Å². The number of benzene rings is 1. The number of alkyl halides is 2. The van der Waals surface area contributed by atoms with E-state index in [0.717, 1.165) is 12.1 Å². The second-order valence-electron chi connectivity index (χ2n) is 5.23. The molecule has 0 aromatic heterocycles.